The molecule has 0 unspecified atom stereocenters. The monoisotopic (exact) mass is 331 g/mol. The molecule has 0 aliphatic carbocycles. The molecule has 0 atom stereocenters. The fourth-order valence-electron chi connectivity index (χ4n) is 1.94. The number of halogens is 1. The summed E-state index contributed by atoms with van der Waals surface area (Å²) >= 11 is 1.11. The minimum absolute atomic E-state index is 0.127. The number of thioether (sulfide) groups is 1. The summed E-state index contributed by atoms with van der Waals surface area (Å²) in [5, 5.41) is 2.80. The number of benzene rings is 2. The Bertz CT molecular complexity index is 713. The lowest BCUT2D eigenvalue weighted by Gasteiger charge is -2.07. The van der Waals surface area contributed by atoms with Crippen LogP contribution in [0.1, 0.15) is 28.4 Å². The highest BCUT2D eigenvalue weighted by molar-refractivity contribution is 8.00. The number of rotatable bonds is 6. The first kappa shape index (κ1) is 17.2. The van der Waals surface area contributed by atoms with Crippen LogP contribution in [0.2, 0.25) is 0 Å². The molecule has 0 aliphatic rings. The summed E-state index contributed by atoms with van der Waals surface area (Å²) in [6, 6.07) is 12.2. The third-order valence-electron chi connectivity index (χ3n) is 3.31. The van der Waals surface area contributed by atoms with Gasteiger partial charge >= 0.3 is 0 Å². The predicted molar refractivity (Wildman–Crippen MR) is 90.2 cm³/mol. The van der Waals surface area contributed by atoms with E-state index in [2.05, 4.69) is 5.32 Å². The van der Waals surface area contributed by atoms with E-state index in [-0.39, 0.29) is 17.4 Å². The second kappa shape index (κ2) is 7.92. The quantitative estimate of drug-likeness (QED) is 0.648. The highest BCUT2D eigenvalue weighted by Crippen LogP contribution is 2.22. The Kier molecular flexibility index (Phi) is 5.93. The smallest absolute Gasteiger partial charge is 0.230 e. The van der Waals surface area contributed by atoms with Crippen molar-refractivity contribution in [2.24, 2.45) is 0 Å². The average molecular weight is 331 g/mol. The van der Waals surface area contributed by atoms with Gasteiger partial charge in [0, 0.05) is 17.0 Å². The number of aryl methyl sites for hydroxylation is 1. The van der Waals surface area contributed by atoms with Gasteiger partial charge in [-0.05, 0) is 31.5 Å². The molecular weight excluding hydrogens is 313 g/mol. The van der Waals surface area contributed by atoms with Gasteiger partial charge in [0.25, 0.3) is 0 Å². The summed E-state index contributed by atoms with van der Waals surface area (Å²) in [6.45, 7) is 3.84. The summed E-state index contributed by atoms with van der Waals surface area (Å²) in [6.07, 6.45) is 0. The van der Waals surface area contributed by atoms with Crippen molar-refractivity contribution in [3.05, 3.63) is 65.0 Å². The normalized spacial score (nSPS) is 10.4. The van der Waals surface area contributed by atoms with E-state index in [9.17, 15) is 14.0 Å². The van der Waals surface area contributed by atoms with E-state index in [0.29, 0.717) is 17.0 Å². The fraction of sp³-hybridized carbons (Fsp3) is 0.222. The van der Waals surface area contributed by atoms with E-state index in [1.54, 1.807) is 6.07 Å². The molecule has 0 aliphatic heterocycles. The number of hydrogen-bond acceptors (Lipinski definition) is 3. The zero-order valence-electron chi connectivity index (χ0n) is 13.1. The first-order valence-corrected chi connectivity index (χ1v) is 8.20. The van der Waals surface area contributed by atoms with Crippen molar-refractivity contribution in [2.45, 2.75) is 25.3 Å². The zero-order valence-corrected chi connectivity index (χ0v) is 13.9. The SMILES string of the molecule is CC(=O)c1ccc(SCC(=O)NCc2ccc(C)cc2)c(F)c1. The van der Waals surface area contributed by atoms with Crippen LogP contribution in [0, 0.1) is 12.7 Å². The van der Waals surface area contributed by atoms with E-state index in [1.807, 2.05) is 31.2 Å². The molecule has 0 radical (unpaired) electrons. The molecule has 0 saturated carbocycles. The Labute approximate surface area is 139 Å². The Morgan fingerprint density at radius 2 is 1.83 bits per heavy atom. The van der Waals surface area contributed by atoms with Crippen molar-refractivity contribution in [1.29, 1.82) is 0 Å². The molecule has 2 aromatic carbocycles. The lowest BCUT2D eigenvalue weighted by atomic mass is 10.1. The molecule has 23 heavy (non-hydrogen) atoms. The molecule has 0 fully saturated rings. The van der Waals surface area contributed by atoms with Gasteiger partial charge in [0.15, 0.2) is 5.78 Å². The summed E-state index contributed by atoms with van der Waals surface area (Å²) in [4.78, 5) is 23.4. The van der Waals surface area contributed by atoms with E-state index in [4.69, 9.17) is 0 Å². The van der Waals surface area contributed by atoms with Gasteiger partial charge < -0.3 is 5.32 Å². The molecule has 0 aromatic heterocycles. The Morgan fingerprint density at radius 1 is 1.13 bits per heavy atom. The second-order valence-corrected chi connectivity index (χ2v) is 6.27. The number of ketones is 1. The second-order valence-electron chi connectivity index (χ2n) is 5.25. The van der Waals surface area contributed by atoms with E-state index in [0.717, 1.165) is 17.3 Å². The van der Waals surface area contributed by atoms with Crippen molar-refractivity contribution >= 4 is 23.5 Å². The lowest BCUT2D eigenvalue weighted by Crippen LogP contribution is -2.24. The third kappa shape index (κ3) is 5.21. The van der Waals surface area contributed by atoms with Gasteiger partial charge in [-0.3, -0.25) is 9.59 Å². The standard InChI is InChI=1S/C18H18FNO2S/c1-12-3-5-14(6-4-12)10-20-18(22)11-23-17-8-7-15(13(2)21)9-16(17)19/h3-9H,10-11H2,1-2H3,(H,20,22). The van der Waals surface area contributed by atoms with Crippen molar-refractivity contribution < 1.29 is 14.0 Å². The minimum Gasteiger partial charge on any atom is -0.351 e. The number of carbonyl (C=O) groups is 2. The molecule has 5 heteroatoms. The van der Waals surface area contributed by atoms with Crippen LogP contribution in [-0.4, -0.2) is 17.4 Å². The molecule has 0 heterocycles. The Morgan fingerprint density at radius 3 is 2.43 bits per heavy atom. The van der Waals surface area contributed by atoms with Gasteiger partial charge in [-0.25, -0.2) is 4.39 Å². The van der Waals surface area contributed by atoms with Gasteiger partial charge in [-0.15, -0.1) is 11.8 Å². The van der Waals surface area contributed by atoms with Crippen LogP contribution in [0.15, 0.2) is 47.4 Å². The highest BCUT2D eigenvalue weighted by Gasteiger charge is 2.09. The molecule has 120 valence electrons. The summed E-state index contributed by atoms with van der Waals surface area (Å²) in [5.74, 6) is -0.696. The van der Waals surface area contributed by atoms with E-state index >= 15 is 0 Å². The number of hydrogen-bond donors (Lipinski definition) is 1. The molecular formula is C18H18FNO2S. The van der Waals surface area contributed by atoms with Crippen molar-refractivity contribution in [1.82, 2.24) is 5.32 Å². The van der Waals surface area contributed by atoms with Gasteiger partial charge in [0.2, 0.25) is 5.91 Å². The molecule has 0 bridgehead atoms. The van der Waals surface area contributed by atoms with Gasteiger partial charge in [0.05, 0.1) is 5.75 Å². The Balaban J connectivity index is 1.84. The summed E-state index contributed by atoms with van der Waals surface area (Å²) in [5.41, 5.74) is 2.52. The van der Waals surface area contributed by atoms with Crippen molar-refractivity contribution in [3.63, 3.8) is 0 Å². The van der Waals surface area contributed by atoms with Crippen LogP contribution >= 0.6 is 11.8 Å². The largest absolute Gasteiger partial charge is 0.351 e. The van der Waals surface area contributed by atoms with Gasteiger partial charge in [0.1, 0.15) is 5.82 Å². The number of amides is 1. The van der Waals surface area contributed by atoms with Crippen LogP contribution in [0.3, 0.4) is 0 Å². The number of nitrogens with one attached hydrogen (secondary N) is 1. The molecule has 2 aromatic rings. The molecule has 3 nitrogen and oxygen atoms in total. The highest BCUT2D eigenvalue weighted by atomic mass is 32.2. The van der Waals surface area contributed by atoms with Gasteiger partial charge in [-0.1, -0.05) is 35.9 Å². The minimum atomic E-state index is -0.478. The maximum atomic E-state index is 13.8. The molecule has 1 N–H and O–H groups in total. The Hall–Kier alpha value is -2.14. The van der Waals surface area contributed by atoms with Crippen molar-refractivity contribution in [2.75, 3.05) is 5.75 Å². The number of Topliss-reactive ketones (excluding diaryl/α,β-unsaturated/α-hetero) is 1. The van der Waals surface area contributed by atoms with Crippen LogP contribution in [0.5, 0.6) is 0 Å². The summed E-state index contributed by atoms with van der Waals surface area (Å²) < 4.78 is 13.8. The van der Waals surface area contributed by atoms with Gasteiger partial charge in [-0.2, -0.15) is 0 Å². The average Bonchev–Trinajstić information content (AvgIpc) is 2.53. The van der Waals surface area contributed by atoms with Crippen LogP contribution in [-0.2, 0) is 11.3 Å². The first-order chi connectivity index (χ1) is 11.0. The third-order valence-corrected chi connectivity index (χ3v) is 4.36. The van der Waals surface area contributed by atoms with E-state index in [1.165, 1.54) is 24.6 Å². The molecule has 2 rings (SSSR count). The van der Waals surface area contributed by atoms with Crippen LogP contribution in [0.4, 0.5) is 4.39 Å². The fourth-order valence-corrected chi connectivity index (χ4v) is 2.69. The predicted octanol–water partition coefficient (Wildman–Crippen LogP) is 3.75. The van der Waals surface area contributed by atoms with E-state index < -0.39 is 5.82 Å². The molecule has 0 saturated heterocycles. The lowest BCUT2D eigenvalue weighted by molar-refractivity contribution is -0.118. The maximum Gasteiger partial charge on any atom is 0.230 e. The van der Waals surface area contributed by atoms with Crippen molar-refractivity contribution in [3.8, 4) is 0 Å². The number of carbonyl (C=O) groups excluding carboxylic acids is 2. The molecule has 1 amide bonds. The van der Waals surface area contributed by atoms with Crippen LogP contribution in [0.25, 0.3) is 0 Å². The molecule has 0 spiro atoms. The maximum absolute atomic E-state index is 13.8. The zero-order chi connectivity index (χ0) is 16.8. The first-order valence-electron chi connectivity index (χ1n) is 7.21. The summed E-state index contributed by atoms with van der Waals surface area (Å²) in [7, 11) is 0. The topological polar surface area (TPSA) is 46.2 Å². The van der Waals surface area contributed by atoms with Crippen LogP contribution < -0.4 is 5.32 Å².